The van der Waals surface area contributed by atoms with E-state index in [2.05, 4.69) is 27.3 Å². The van der Waals surface area contributed by atoms with Crippen LogP contribution in [-0.4, -0.2) is 49.8 Å². The van der Waals surface area contributed by atoms with Gasteiger partial charge in [0.05, 0.1) is 20.8 Å². The second-order valence-electron chi connectivity index (χ2n) is 7.03. The first-order valence-electron chi connectivity index (χ1n) is 9.77. The Morgan fingerprint density at radius 1 is 1.20 bits per heavy atom. The Hall–Kier alpha value is -2.23. The molecule has 2 aromatic rings. The molecule has 30 heavy (non-hydrogen) atoms. The fourth-order valence-corrected chi connectivity index (χ4v) is 3.53. The van der Waals surface area contributed by atoms with Gasteiger partial charge in [-0.1, -0.05) is 6.07 Å². The van der Waals surface area contributed by atoms with Gasteiger partial charge < -0.3 is 24.8 Å². The fourth-order valence-electron chi connectivity index (χ4n) is 3.53. The number of aromatic hydroxyl groups is 1. The van der Waals surface area contributed by atoms with Crippen LogP contribution in [0.1, 0.15) is 30.4 Å². The molecule has 0 amide bonds. The average Bonchev–Trinajstić information content (AvgIpc) is 3.23. The van der Waals surface area contributed by atoms with Crippen molar-refractivity contribution in [2.45, 2.75) is 25.8 Å². The predicted molar refractivity (Wildman–Crippen MR) is 127 cm³/mol. The number of nitrogens with one attached hydrogen (secondary N) is 1. The minimum Gasteiger partial charge on any atom is -0.505 e. The van der Waals surface area contributed by atoms with E-state index in [-0.39, 0.29) is 29.7 Å². The van der Waals surface area contributed by atoms with E-state index in [1.807, 2.05) is 13.0 Å². The minimum atomic E-state index is -0.629. The fraction of sp³-hybridized carbons (Fsp3) is 0.409. The minimum absolute atomic E-state index is 0. The molecule has 0 aromatic heterocycles. The lowest BCUT2D eigenvalue weighted by Gasteiger charge is -2.22. The maximum Gasteiger partial charge on any atom is 0.194 e. The van der Waals surface area contributed by atoms with Crippen LogP contribution in [0, 0.1) is 5.82 Å². The van der Waals surface area contributed by atoms with Crippen molar-refractivity contribution in [1.29, 1.82) is 0 Å². The number of halogens is 2. The molecule has 1 saturated heterocycles. The summed E-state index contributed by atoms with van der Waals surface area (Å²) < 4.78 is 24.4. The number of guanidine groups is 1. The number of benzene rings is 2. The van der Waals surface area contributed by atoms with Crippen LogP contribution in [-0.2, 0) is 6.54 Å². The summed E-state index contributed by atoms with van der Waals surface area (Å²) in [5, 5.41) is 12.7. The third-order valence-electron chi connectivity index (χ3n) is 5.09. The van der Waals surface area contributed by atoms with E-state index < -0.39 is 5.82 Å². The molecule has 0 aliphatic carbocycles. The smallest absolute Gasteiger partial charge is 0.194 e. The molecule has 1 heterocycles. The summed E-state index contributed by atoms with van der Waals surface area (Å²) in [6.07, 6.45) is 0.995. The van der Waals surface area contributed by atoms with Crippen molar-refractivity contribution in [2.24, 2.45) is 4.99 Å². The molecule has 8 heteroatoms. The van der Waals surface area contributed by atoms with E-state index in [0.717, 1.165) is 43.5 Å². The van der Waals surface area contributed by atoms with Crippen LogP contribution in [0.5, 0.6) is 17.2 Å². The Kier molecular flexibility index (Phi) is 9.01. The number of methoxy groups -OCH3 is 2. The van der Waals surface area contributed by atoms with Crippen LogP contribution in [0.4, 0.5) is 4.39 Å². The molecule has 0 radical (unpaired) electrons. The van der Waals surface area contributed by atoms with E-state index in [9.17, 15) is 9.50 Å². The van der Waals surface area contributed by atoms with Crippen molar-refractivity contribution in [1.82, 2.24) is 10.2 Å². The molecule has 6 nitrogen and oxygen atoms in total. The maximum atomic E-state index is 13.6. The first-order valence-corrected chi connectivity index (χ1v) is 9.77. The number of ether oxygens (including phenoxy) is 2. The number of aliphatic imine (C=N–C) groups is 1. The lowest BCUT2D eigenvalue weighted by molar-refractivity contribution is 0.392. The molecule has 0 bridgehead atoms. The largest absolute Gasteiger partial charge is 0.505 e. The highest BCUT2D eigenvalue weighted by atomic mass is 127. The van der Waals surface area contributed by atoms with Crippen LogP contribution >= 0.6 is 24.0 Å². The van der Waals surface area contributed by atoms with Crippen molar-refractivity contribution in [3.8, 4) is 17.2 Å². The second kappa shape index (κ2) is 11.2. The normalized spacial score (nSPS) is 16.2. The zero-order valence-corrected chi connectivity index (χ0v) is 19.9. The highest BCUT2D eigenvalue weighted by Gasteiger charge is 2.27. The molecule has 1 unspecified atom stereocenters. The quantitative estimate of drug-likeness (QED) is 0.335. The number of rotatable bonds is 6. The summed E-state index contributed by atoms with van der Waals surface area (Å²) in [4.78, 5) is 6.88. The molecular formula is C22H29FIN3O3. The summed E-state index contributed by atoms with van der Waals surface area (Å²) in [5.74, 6) is 1.74. The van der Waals surface area contributed by atoms with Crippen molar-refractivity contribution in [3.63, 3.8) is 0 Å². The molecule has 3 rings (SSSR count). The van der Waals surface area contributed by atoms with Crippen molar-refractivity contribution in [2.75, 3.05) is 33.9 Å². The van der Waals surface area contributed by atoms with Crippen LogP contribution in [0.2, 0.25) is 0 Å². The Balaban J connectivity index is 0.00000320. The van der Waals surface area contributed by atoms with Crippen molar-refractivity contribution < 1.29 is 19.0 Å². The van der Waals surface area contributed by atoms with Gasteiger partial charge in [0.2, 0.25) is 0 Å². The van der Waals surface area contributed by atoms with E-state index >= 15 is 0 Å². The number of hydrogen-bond donors (Lipinski definition) is 2. The van der Waals surface area contributed by atoms with Crippen molar-refractivity contribution >= 4 is 29.9 Å². The first-order chi connectivity index (χ1) is 14.0. The van der Waals surface area contributed by atoms with Gasteiger partial charge in [0.15, 0.2) is 17.5 Å². The number of nitrogens with zero attached hydrogens (tertiary/aromatic N) is 2. The molecular weight excluding hydrogens is 500 g/mol. The summed E-state index contributed by atoms with van der Waals surface area (Å²) in [7, 11) is 3.31. The Bertz CT molecular complexity index is 856. The van der Waals surface area contributed by atoms with Gasteiger partial charge in [-0.15, -0.1) is 24.0 Å². The lowest BCUT2D eigenvalue weighted by atomic mass is 9.98. The van der Waals surface area contributed by atoms with E-state index in [4.69, 9.17) is 9.47 Å². The van der Waals surface area contributed by atoms with Gasteiger partial charge >= 0.3 is 0 Å². The Morgan fingerprint density at radius 2 is 1.90 bits per heavy atom. The molecule has 164 valence electrons. The van der Waals surface area contributed by atoms with Crippen LogP contribution in [0.15, 0.2) is 41.4 Å². The van der Waals surface area contributed by atoms with Crippen molar-refractivity contribution in [3.05, 3.63) is 53.3 Å². The van der Waals surface area contributed by atoms with E-state index in [0.29, 0.717) is 18.0 Å². The monoisotopic (exact) mass is 529 g/mol. The molecule has 1 atom stereocenters. The first kappa shape index (κ1) is 24.0. The zero-order valence-electron chi connectivity index (χ0n) is 17.5. The highest BCUT2D eigenvalue weighted by Crippen LogP contribution is 2.33. The third kappa shape index (κ3) is 5.90. The number of hydrogen-bond acceptors (Lipinski definition) is 4. The highest BCUT2D eigenvalue weighted by molar-refractivity contribution is 14.0. The van der Waals surface area contributed by atoms with Gasteiger partial charge in [-0.3, -0.25) is 0 Å². The number of likely N-dealkylation sites (tertiary alicyclic amines) is 1. The molecule has 1 aliphatic heterocycles. The van der Waals surface area contributed by atoms with Gasteiger partial charge in [-0.05, 0) is 48.7 Å². The standard InChI is InChI=1S/C22H28FN3O3.HI/c1-4-24-22(25-13-15-5-6-21(27)20(23)9-15)26-8-7-16(14-26)17-10-18(28-2)12-19(11-17)29-3;/h5-6,9-12,16,27H,4,7-8,13-14H2,1-3H3,(H,24,25);1H. The van der Waals surface area contributed by atoms with Gasteiger partial charge in [0, 0.05) is 31.6 Å². The summed E-state index contributed by atoms with van der Waals surface area (Å²) in [5.41, 5.74) is 1.89. The molecule has 0 spiro atoms. The SMILES string of the molecule is CCNC(=NCc1ccc(O)c(F)c1)N1CCC(c2cc(OC)cc(OC)c2)C1.I. The van der Waals surface area contributed by atoms with Crippen LogP contribution in [0.3, 0.4) is 0 Å². The summed E-state index contributed by atoms with van der Waals surface area (Å²) >= 11 is 0. The summed E-state index contributed by atoms with van der Waals surface area (Å²) in [6.45, 7) is 4.81. The average molecular weight is 529 g/mol. The Morgan fingerprint density at radius 3 is 2.50 bits per heavy atom. The van der Waals surface area contributed by atoms with Gasteiger partial charge in [0.1, 0.15) is 11.5 Å². The maximum absolute atomic E-state index is 13.6. The topological polar surface area (TPSA) is 66.3 Å². The van der Waals surface area contributed by atoms with Gasteiger partial charge in [0.25, 0.3) is 0 Å². The second-order valence-corrected chi connectivity index (χ2v) is 7.03. The molecule has 1 aliphatic rings. The van der Waals surface area contributed by atoms with Gasteiger partial charge in [-0.25, -0.2) is 9.38 Å². The predicted octanol–water partition coefficient (Wildman–Crippen LogP) is 4.12. The Labute approximate surface area is 194 Å². The number of phenols is 1. The van der Waals surface area contributed by atoms with Gasteiger partial charge in [-0.2, -0.15) is 0 Å². The summed E-state index contributed by atoms with van der Waals surface area (Å²) in [6, 6.07) is 10.3. The molecule has 1 fully saturated rings. The van der Waals surface area contributed by atoms with Crippen LogP contribution < -0.4 is 14.8 Å². The third-order valence-corrected chi connectivity index (χ3v) is 5.09. The number of phenolic OH excluding ortho intramolecular Hbond substituents is 1. The lowest BCUT2D eigenvalue weighted by Crippen LogP contribution is -2.40. The molecule has 2 N–H and O–H groups in total. The van der Waals surface area contributed by atoms with E-state index in [1.165, 1.54) is 17.7 Å². The van der Waals surface area contributed by atoms with E-state index in [1.54, 1.807) is 20.3 Å². The van der Waals surface area contributed by atoms with Crippen LogP contribution in [0.25, 0.3) is 0 Å². The molecule has 2 aromatic carbocycles. The molecule has 0 saturated carbocycles. The zero-order chi connectivity index (χ0) is 20.8.